The van der Waals surface area contributed by atoms with Crippen LogP contribution in [-0.4, -0.2) is 36.9 Å². The quantitative estimate of drug-likeness (QED) is 0.501. The van der Waals surface area contributed by atoms with Crippen LogP contribution in [0.5, 0.6) is 0 Å². The van der Waals surface area contributed by atoms with E-state index in [9.17, 15) is 4.79 Å². The molecule has 0 radical (unpaired) electrons. The number of benzene rings is 2. The lowest BCUT2D eigenvalue weighted by Gasteiger charge is -2.36. The first-order chi connectivity index (χ1) is 14.4. The summed E-state index contributed by atoms with van der Waals surface area (Å²) in [4.78, 5) is 15.2. The van der Waals surface area contributed by atoms with Crippen LogP contribution in [0.2, 0.25) is 0 Å². The van der Waals surface area contributed by atoms with Crippen molar-refractivity contribution >= 4 is 17.7 Å². The van der Waals surface area contributed by atoms with E-state index < -0.39 is 0 Å². The minimum absolute atomic E-state index is 0.104. The van der Waals surface area contributed by atoms with E-state index >= 15 is 0 Å². The molecule has 1 aliphatic carbocycles. The van der Waals surface area contributed by atoms with Crippen molar-refractivity contribution in [2.24, 2.45) is 0 Å². The van der Waals surface area contributed by atoms with Gasteiger partial charge in [-0.3, -0.25) is 9.36 Å². The predicted octanol–water partition coefficient (Wildman–Crippen LogP) is 5.06. The molecule has 5 nitrogen and oxygen atoms in total. The van der Waals surface area contributed by atoms with E-state index in [1.807, 2.05) is 41.3 Å². The molecule has 2 aromatic carbocycles. The summed E-state index contributed by atoms with van der Waals surface area (Å²) in [5, 5.41) is 9.68. The minimum Gasteiger partial charge on any atom is -0.333 e. The third-order valence-corrected chi connectivity index (χ3v) is 6.15. The molecule has 0 aliphatic heterocycles. The van der Waals surface area contributed by atoms with Gasteiger partial charge in [-0.2, -0.15) is 0 Å². The Morgan fingerprint density at radius 3 is 2.27 bits per heavy atom. The van der Waals surface area contributed by atoms with Crippen molar-refractivity contribution in [2.75, 3.05) is 5.75 Å². The Labute approximate surface area is 182 Å². The van der Waals surface area contributed by atoms with Gasteiger partial charge in [0.1, 0.15) is 5.82 Å². The number of aromatic nitrogens is 3. The normalized spacial score (nSPS) is 14.0. The topological polar surface area (TPSA) is 51.0 Å². The molecule has 156 valence electrons. The lowest BCUT2D eigenvalue weighted by atomic mass is 10.0. The molecule has 0 atom stereocenters. The van der Waals surface area contributed by atoms with E-state index in [1.165, 1.54) is 11.8 Å². The Hall–Kier alpha value is -2.60. The number of amides is 1. The molecule has 0 N–H and O–H groups in total. The van der Waals surface area contributed by atoms with Gasteiger partial charge in [0, 0.05) is 23.7 Å². The molecule has 30 heavy (non-hydrogen) atoms. The smallest absolute Gasteiger partial charge is 0.233 e. The number of para-hydroxylation sites is 1. The fourth-order valence-corrected chi connectivity index (χ4v) is 4.31. The molecule has 1 saturated carbocycles. The van der Waals surface area contributed by atoms with E-state index in [4.69, 9.17) is 0 Å². The molecule has 1 heterocycles. The van der Waals surface area contributed by atoms with Crippen molar-refractivity contribution in [2.45, 2.75) is 56.8 Å². The van der Waals surface area contributed by atoms with Crippen LogP contribution in [0.25, 0.3) is 5.69 Å². The highest BCUT2D eigenvalue weighted by Crippen LogP contribution is 2.41. The van der Waals surface area contributed by atoms with Crippen LogP contribution in [0.4, 0.5) is 0 Å². The second kappa shape index (κ2) is 8.64. The number of hydrogen-bond acceptors (Lipinski definition) is 4. The molecule has 1 aliphatic rings. The molecule has 1 amide bonds. The number of nitrogens with zero attached hydrogens (tertiary/aromatic N) is 4. The predicted molar refractivity (Wildman–Crippen MR) is 121 cm³/mol. The van der Waals surface area contributed by atoms with Gasteiger partial charge in [-0.25, -0.2) is 0 Å². The Kier molecular flexibility index (Phi) is 5.95. The number of carbonyl (C=O) groups excluding carboxylic acids is 1. The monoisotopic (exact) mass is 420 g/mol. The van der Waals surface area contributed by atoms with Crippen LogP contribution in [0.3, 0.4) is 0 Å². The van der Waals surface area contributed by atoms with E-state index in [-0.39, 0.29) is 11.4 Å². The van der Waals surface area contributed by atoms with Crippen LogP contribution < -0.4 is 0 Å². The number of carbonyl (C=O) groups is 1. The molecular weight excluding hydrogens is 392 g/mol. The van der Waals surface area contributed by atoms with Crippen molar-refractivity contribution < 1.29 is 4.79 Å². The summed E-state index contributed by atoms with van der Waals surface area (Å²) in [7, 11) is 0. The van der Waals surface area contributed by atoms with Crippen molar-refractivity contribution in [1.82, 2.24) is 19.7 Å². The fraction of sp³-hybridized carbons (Fsp3) is 0.375. The van der Waals surface area contributed by atoms with Crippen LogP contribution in [0, 0.1) is 0 Å². The van der Waals surface area contributed by atoms with Gasteiger partial charge in [0.2, 0.25) is 5.91 Å². The molecule has 4 rings (SSSR count). The van der Waals surface area contributed by atoms with Gasteiger partial charge in [-0.05, 0) is 51.3 Å². The third-order valence-electron chi connectivity index (χ3n) is 5.23. The van der Waals surface area contributed by atoms with Crippen molar-refractivity contribution in [3.8, 4) is 5.69 Å². The Bertz CT molecular complexity index is 991. The highest BCUT2D eigenvalue weighted by Gasteiger charge is 2.32. The molecule has 6 heteroatoms. The largest absolute Gasteiger partial charge is 0.333 e. The highest BCUT2D eigenvalue weighted by molar-refractivity contribution is 7.99. The first kappa shape index (κ1) is 20.7. The molecule has 0 spiro atoms. The number of thioether (sulfide) groups is 1. The summed E-state index contributed by atoms with van der Waals surface area (Å²) < 4.78 is 2.12. The molecule has 1 fully saturated rings. The Morgan fingerprint density at radius 1 is 1.03 bits per heavy atom. The van der Waals surface area contributed by atoms with Crippen LogP contribution >= 0.6 is 11.8 Å². The molecule has 0 bridgehead atoms. The zero-order valence-electron chi connectivity index (χ0n) is 17.8. The summed E-state index contributed by atoms with van der Waals surface area (Å²) in [5.74, 6) is 1.92. The maximum absolute atomic E-state index is 13.2. The molecule has 3 aromatic rings. The van der Waals surface area contributed by atoms with E-state index in [0.29, 0.717) is 18.2 Å². The standard InChI is InChI=1S/C24H28N4OS/c1-24(2,3)27(16-18-10-6-4-7-11-18)21(29)17-30-23-26-25-22(19-14-15-19)28(23)20-12-8-5-9-13-20/h4-13,19H,14-17H2,1-3H3. The summed E-state index contributed by atoms with van der Waals surface area (Å²) in [6, 6.07) is 20.3. The highest BCUT2D eigenvalue weighted by atomic mass is 32.2. The average Bonchev–Trinajstić information content (AvgIpc) is 3.50. The SMILES string of the molecule is CC(C)(C)N(Cc1ccccc1)C(=O)CSc1nnc(C2CC2)n1-c1ccccc1. The van der Waals surface area contributed by atoms with Crippen molar-refractivity contribution in [3.05, 3.63) is 72.1 Å². The second-order valence-corrected chi connectivity index (χ2v) is 9.65. The summed E-state index contributed by atoms with van der Waals surface area (Å²) in [6.45, 7) is 6.84. The molecule has 0 unspecified atom stereocenters. The lowest BCUT2D eigenvalue weighted by Crippen LogP contribution is -2.45. The van der Waals surface area contributed by atoms with Gasteiger partial charge in [-0.1, -0.05) is 60.3 Å². The van der Waals surface area contributed by atoms with Crippen molar-refractivity contribution in [3.63, 3.8) is 0 Å². The maximum Gasteiger partial charge on any atom is 0.233 e. The van der Waals surface area contributed by atoms with Gasteiger partial charge < -0.3 is 4.90 Å². The Morgan fingerprint density at radius 2 is 1.67 bits per heavy atom. The summed E-state index contributed by atoms with van der Waals surface area (Å²) >= 11 is 1.47. The van der Waals surface area contributed by atoms with Crippen LogP contribution in [0.15, 0.2) is 65.8 Å². The Balaban J connectivity index is 1.53. The van der Waals surface area contributed by atoms with E-state index in [0.717, 1.165) is 35.1 Å². The van der Waals surface area contributed by atoms with Gasteiger partial charge in [0.15, 0.2) is 5.16 Å². The molecule has 1 aromatic heterocycles. The van der Waals surface area contributed by atoms with Crippen LogP contribution in [-0.2, 0) is 11.3 Å². The van der Waals surface area contributed by atoms with E-state index in [2.05, 4.69) is 59.8 Å². The van der Waals surface area contributed by atoms with Crippen LogP contribution in [0.1, 0.15) is 50.9 Å². The van der Waals surface area contributed by atoms with Crippen molar-refractivity contribution in [1.29, 1.82) is 0 Å². The first-order valence-corrected chi connectivity index (χ1v) is 11.4. The van der Waals surface area contributed by atoms with Gasteiger partial charge >= 0.3 is 0 Å². The zero-order valence-corrected chi connectivity index (χ0v) is 18.6. The first-order valence-electron chi connectivity index (χ1n) is 10.4. The van der Waals surface area contributed by atoms with Gasteiger partial charge in [0.05, 0.1) is 5.75 Å². The summed E-state index contributed by atoms with van der Waals surface area (Å²) in [6.07, 6.45) is 2.31. The number of hydrogen-bond donors (Lipinski definition) is 0. The minimum atomic E-state index is -0.264. The zero-order chi connectivity index (χ0) is 21.1. The molecule has 0 saturated heterocycles. The summed E-state index contributed by atoms with van der Waals surface area (Å²) in [5.41, 5.74) is 1.92. The van der Waals surface area contributed by atoms with E-state index in [1.54, 1.807) is 0 Å². The average molecular weight is 421 g/mol. The molecular formula is C24H28N4OS. The lowest BCUT2D eigenvalue weighted by molar-refractivity contribution is -0.133. The van der Waals surface area contributed by atoms with Gasteiger partial charge in [-0.15, -0.1) is 10.2 Å². The fourth-order valence-electron chi connectivity index (χ4n) is 3.47. The third kappa shape index (κ3) is 4.75. The van der Waals surface area contributed by atoms with Gasteiger partial charge in [0.25, 0.3) is 0 Å². The second-order valence-electron chi connectivity index (χ2n) is 8.71. The maximum atomic E-state index is 13.2. The number of rotatable bonds is 7.